The zero-order valence-electron chi connectivity index (χ0n) is 13.0. The molecule has 1 unspecified atom stereocenters. The molecule has 0 bridgehead atoms. The summed E-state index contributed by atoms with van der Waals surface area (Å²) in [6.07, 6.45) is -0.967. The van der Waals surface area contributed by atoms with Gasteiger partial charge in [0, 0.05) is 12.8 Å². The number of ether oxygens (including phenoxy) is 3. The fourth-order valence-electron chi connectivity index (χ4n) is 2.91. The van der Waals surface area contributed by atoms with Gasteiger partial charge in [0.15, 0.2) is 5.79 Å². The number of hydrogen-bond donors (Lipinski definition) is 0. The minimum absolute atomic E-state index is 0.0267. The number of halogens is 1. The van der Waals surface area contributed by atoms with Crippen molar-refractivity contribution in [3.63, 3.8) is 0 Å². The Bertz CT molecular complexity index is 547. The van der Waals surface area contributed by atoms with Crippen molar-refractivity contribution in [3.8, 4) is 0 Å². The van der Waals surface area contributed by atoms with E-state index in [2.05, 4.69) is 0 Å². The molecule has 0 aromatic carbocycles. The van der Waals surface area contributed by atoms with Gasteiger partial charge in [-0.05, 0) is 20.8 Å². The smallest absolute Gasteiger partial charge is 0.327 e. The van der Waals surface area contributed by atoms with Crippen molar-refractivity contribution in [2.45, 2.75) is 62.6 Å². The average Bonchev–Trinajstić information content (AvgIpc) is 2.61. The highest BCUT2D eigenvalue weighted by Gasteiger charge is 2.58. The lowest BCUT2D eigenvalue weighted by Crippen LogP contribution is -2.54. The molecule has 22 heavy (non-hydrogen) atoms. The van der Waals surface area contributed by atoms with Crippen LogP contribution in [0.4, 0.5) is 0 Å². The number of esters is 1. The van der Waals surface area contributed by atoms with Gasteiger partial charge >= 0.3 is 5.97 Å². The predicted molar refractivity (Wildman–Crippen MR) is 78.0 cm³/mol. The summed E-state index contributed by atoms with van der Waals surface area (Å²) >= 11 is 6.40. The quantitative estimate of drug-likeness (QED) is 0.424. The third kappa shape index (κ3) is 3.91. The molecule has 1 saturated heterocycles. The summed E-state index contributed by atoms with van der Waals surface area (Å²) in [5, 5.41) is 0. The molecule has 2 rings (SSSR count). The highest BCUT2D eigenvalue weighted by molar-refractivity contribution is 7.86. The van der Waals surface area contributed by atoms with Crippen LogP contribution in [0.15, 0.2) is 0 Å². The van der Waals surface area contributed by atoms with Gasteiger partial charge in [-0.2, -0.15) is 8.42 Å². The highest BCUT2D eigenvalue weighted by atomic mass is 35.5. The number of carbonyl (C=O) groups excluding carboxylic acids is 1. The molecule has 9 heteroatoms. The van der Waals surface area contributed by atoms with Crippen LogP contribution in [0.3, 0.4) is 0 Å². The Balaban J connectivity index is 2.28. The molecule has 0 spiro atoms. The van der Waals surface area contributed by atoms with E-state index in [4.69, 9.17) is 30.0 Å². The molecule has 0 N–H and O–H groups in total. The Kier molecular flexibility index (Phi) is 4.81. The molecule has 4 atom stereocenters. The van der Waals surface area contributed by atoms with Gasteiger partial charge in [0.05, 0.1) is 19.0 Å². The number of carbonyl (C=O) groups is 1. The van der Waals surface area contributed by atoms with Crippen molar-refractivity contribution in [2.24, 2.45) is 0 Å². The SMILES string of the molecule is CCOC(=O)C1(Cl)C[C@@H]2OC(C)(C)O[C@@H]2[C@H](OS(C)(=O)=O)C1. The van der Waals surface area contributed by atoms with Gasteiger partial charge in [0.25, 0.3) is 10.1 Å². The van der Waals surface area contributed by atoms with Crippen LogP contribution in [0.5, 0.6) is 0 Å². The van der Waals surface area contributed by atoms with Crippen LogP contribution in [0.2, 0.25) is 0 Å². The monoisotopic (exact) mass is 356 g/mol. The standard InChI is InChI=1S/C13H21ClO7S/c1-5-18-11(15)13(14)6-8-10(20-12(2,3)19-8)9(7-13)21-22(4,16)17/h8-10H,5-7H2,1-4H3/t8-,9+,10-,13?/m0/s1. The summed E-state index contributed by atoms with van der Waals surface area (Å²) in [5.41, 5.74) is 0. The molecule has 1 saturated carbocycles. The minimum Gasteiger partial charge on any atom is -0.465 e. The summed E-state index contributed by atoms with van der Waals surface area (Å²) in [4.78, 5) is 10.7. The van der Waals surface area contributed by atoms with Crippen molar-refractivity contribution in [1.29, 1.82) is 0 Å². The molecule has 128 valence electrons. The van der Waals surface area contributed by atoms with Crippen molar-refractivity contribution >= 4 is 27.7 Å². The summed E-state index contributed by atoms with van der Waals surface area (Å²) in [5.74, 6) is -1.50. The van der Waals surface area contributed by atoms with Gasteiger partial charge in [0.1, 0.15) is 17.1 Å². The van der Waals surface area contributed by atoms with E-state index in [1.165, 1.54) is 0 Å². The zero-order chi connectivity index (χ0) is 16.8. The van der Waals surface area contributed by atoms with Crippen LogP contribution in [0, 0.1) is 0 Å². The number of rotatable bonds is 4. The van der Waals surface area contributed by atoms with E-state index in [1.54, 1.807) is 20.8 Å². The van der Waals surface area contributed by atoms with Gasteiger partial charge in [-0.15, -0.1) is 11.6 Å². The van der Waals surface area contributed by atoms with Crippen molar-refractivity contribution in [2.75, 3.05) is 12.9 Å². The Labute approximate surface area is 135 Å². The molecular formula is C13H21ClO7S. The van der Waals surface area contributed by atoms with Crippen molar-refractivity contribution in [1.82, 2.24) is 0 Å². The first kappa shape index (κ1) is 17.9. The molecule has 1 aliphatic heterocycles. The Hall–Kier alpha value is -0.410. The third-order valence-electron chi connectivity index (χ3n) is 3.58. The van der Waals surface area contributed by atoms with Gasteiger partial charge in [-0.25, -0.2) is 0 Å². The van der Waals surface area contributed by atoms with E-state index >= 15 is 0 Å². The molecule has 1 aliphatic carbocycles. The summed E-state index contributed by atoms with van der Waals surface area (Å²) in [7, 11) is -3.73. The average molecular weight is 357 g/mol. The molecule has 7 nitrogen and oxygen atoms in total. The lowest BCUT2D eigenvalue weighted by Gasteiger charge is -2.38. The molecule has 1 heterocycles. The lowest BCUT2D eigenvalue weighted by molar-refractivity contribution is -0.151. The molecular weight excluding hydrogens is 336 g/mol. The lowest BCUT2D eigenvalue weighted by atomic mass is 9.82. The van der Waals surface area contributed by atoms with Crippen molar-refractivity contribution < 1.29 is 31.6 Å². The molecule has 2 aliphatic rings. The fourth-order valence-corrected chi connectivity index (χ4v) is 3.90. The topological polar surface area (TPSA) is 88.1 Å². The van der Waals surface area contributed by atoms with Crippen LogP contribution < -0.4 is 0 Å². The number of hydrogen-bond acceptors (Lipinski definition) is 7. The minimum atomic E-state index is -3.73. The largest absolute Gasteiger partial charge is 0.465 e. The van der Waals surface area contributed by atoms with Crippen LogP contribution >= 0.6 is 11.6 Å². The van der Waals surface area contributed by atoms with Crippen LogP contribution in [0.1, 0.15) is 33.6 Å². The van der Waals surface area contributed by atoms with E-state index in [0.29, 0.717) is 0 Å². The maximum Gasteiger partial charge on any atom is 0.327 e. The van der Waals surface area contributed by atoms with Gasteiger partial charge in [-0.1, -0.05) is 0 Å². The third-order valence-corrected chi connectivity index (χ3v) is 4.64. The second-order valence-electron chi connectivity index (χ2n) is 6.07. The Morgan fingerprint density at radius 2 is 1.95 bits per heavy atom. The fraction of sp³-hybridized carbons (Fsp3) is 0.923. The van der Waals surface area contributed by atoms with Crippen LogP contribution in [-0.4, -0.2) is 56.2 Å². The predicted octanol–water partition coefficient (Wildman–Crippen LogP) is 1.19. The first-order valence-electron chi connectivity index (χ1n) is 7.06. The van der Waals surface area contributed by atoms with E-state index < -0.39 is 45.1 Å². The van der Waals surface area contributed by atoms with E-state index in [9.17, 15) is 13.2 Å². The second-order valence-corrected chi connectivity index (χ2v) is 8.40. The second kappa shape index (κ2) is 5.90. The summed E-state index contributed by atoms with van der Waals surface area (Å²) in [6.45, 7) is 5.28. The molecule has 0 radical (unpaired) electrons. The molecule has 0 aromatic heterocycles. The normalized spacial score (nSPS) is 37.6. The van der Waals surface area contributed by atoms with Gasteiger partial charge in [0.2, 0.25) is 0 Å². The van der Waals surface area contributed by atoms with Gasteiger partial charge in [-0.3, -0.25) is 8.98 Å². The Morgan fingerprint density at radius 3 is 2.50 bits per heavy atom. The zero-order valence-corrected chi connectivity index (χ0v) is 14.6. The molecule has 0 aromatic rings. The van der Waals surface area contributed by atoms with E-state index in [1.807, 2.05) is 0 Å². The van der Waals surface area contributed by atoms with Crippen molar-refractivity contribution in [3.05, 3.63) is 0 Å². The van der Waals surface area contributed by atoms with E-state index in [-0.39, 0.29) is 19.4 Å². The Morgan fingerprint density at radius 1 is 1.32 bits per heavy atom. The highest BCUT2D eigenvalue weighted by Crippen LogP contribution is 2.45. The maximum atomic E-state index is 12.1. The number of fused-ring (bicyclic) bond motifs is 1. The van der Waals surface area contributed by atoms with E-state index in [0.717, 1.165) is 6.26 Å². The molecule has 0 amide bonds. The maximum absolute atomic E-state index is 12.1. The molecule has 2 fully saturated rings. The summed E-state index contributed by atoms with van der Waals surface area (Å²) in [6, 6.07) is 0. The van der Waals surface area contributed by atoms with Crippen LogP contribution in [0.25, 0.3) is 0 Å². The van der Waals surface area contributed by atoms with Gasteiger partial charge < -0.3 is 14.2 Å². The summed E-state index contributed by atoms with van der Waals surface area (Å²) < 4.78 is 44.5. The number of alkyl halides is 1. The van der Waals surface area contributed by atoms with Crippen LogP contribution in [-0.2, 0) is 33.3 Å². The first-order chi connectivity index (χ1) is 9.96. The first-order valence-corrected chi connectivity index (χ1v) is 9.25.